The number of hydrogen-bond donors (Lipinski definition) is 1. The van der Waals surface area contributed by atoms with Crippen LogP contribution in [0.25, 0.3) is 0 Å². The number of hydrogen-bond acceptors (Lipinski definition) is 2. The number of carbonyl (C=O) groups excluding carboxylic acids is 1. The van der Waals surface area contributed by atoms with Crippen LogP contribution in [0.5, 0.6) is 5.75 Å². The molecule has 0 radical (unpaired) electrons. The first kappa shape index (κ1) is 15.4. The molecule has 0 spiro atoms. The van der Waals surface area contributed by atoms with E-state index < -0.39 is 0 Å². The van der Waals surface area contributed by atoms with Crippen LogP contribution < -0.4 is 10.1 Å². The summed E-state index contributed by atoms with van der Waals surface area (Å²) in [6, 6.07) is 5.62. The Morgan fingerprint density at radius 3 is 2.80 bits per heavy atom. The number of halogens is 1. The lowest BCUT2D eigenvalue weighted by atomic mass is 9.86. The first-order valence-electron chi connectivity index (χ1n) is 7.32. The van der Waals surface area contributed by atoms with Crippen LogP contribution in [-0.2, 0) is 4.79 Å². The van der Waals surface area contributed by atoms with Crippen molar-refractivity contribution < 1.29 is 9.53 Å². The van der Waals surface area contributed by atoms with E-state index >= 15 is 0 Å². The van der Waals surface area contributed by atoms with Crippen LogP contribution in [0.2, 0.25) is 0 Å². The number of rotatable bonds is 5. The van der Waals surface area contributed by atoms with Gasteiger partial charge in [-0.25, -0.2) is 0 Å². The topological polar surface area (TPSA) is 38.3 Å². The lowest BCUT2D eigenvalue weighted by Crippen LogP contribution is -2.15. The molecular formula is C16H22BrNO2. The van der Waals surface area contributed by atoms with E-state index in [-0.39, 0.29) is 5.91 Å². The molecule has 1 N–H and O–H groups in total. The molecular weight excluding hydrogens is 318 g/mol. The van der Waals surface area contributed by atoms with Crippen LogP contribution in [0.15, 0.2) is 22.7 Å². The second-order valence-electron chi connectivity index (χ2n) is 5.44. The average Bonchev–Trinajstić information content (AvgIpc) is 2.48. The summed E-state index contributed by atoms with van der Waals surface area (Å²) in [5.74, 6) is 1.50. The van der Waals surface area contributed by atoms with Gasteiger partial charge in [-0.1, -0.05) is 48.0 Å². The van der Waals surface area contributed by atoms with Crippen molar-refractivity contribution in [2.24, 2.45) is 5.92 Å². The minimum Gasteiger partial charge on any atom is -0.495 e. The Hall–Kier alpha value is -1.03. The van der Waals surface area contributed by atoms with Crippen molar-refractivity contribution >= 4 is 27.5 Å². The second-order valence-corrected chi connectivity index (χ2v) is 6.35. The van der Waals surface area contributed by atoms with Gasteiger partial charge in [-0.15, -0.1) is 0 Å². The van der Waals surface area contributed by atoms with Gasteiger partial charge >= 0.3 is 0 Å². The smallest absolute Gasteiger partial charge is 0.224 e. The van der Waals surface area contributed by atoms with Crippen LogP contribution in [-0.4, -0.2) is 13.0 Å². The first-order chi connectivity index (χ1) is 9.69. The Morgan fingerprint density at radius 2 is 2.10 bits per heavy atom. The molecule has 4 heteroatoms. The summed E-state index contributed by atoms with van der Waals surface area (Å²) >= 11 is 3.39. The largest absolute Gasteiger partial charge is 0.495 e. The number of methoxy groups -OCH3 is 1. The standard InChI is InChI=1S/C16H22BrNO2/c1-20-15-11-13(17)8-9-14(15)18-16(19)10-7-12-5-3-2-4-6-12/h8-9,11-12H,2-7,10H2,1H3,(H,18,19). The molecule has 0 aliphatic heterocycles. The van der Waals surface area contributed by atoms with Gasteiger partial charge in [0.15, 0.2) is 0 Å². The third-order valence-corrected chi connectivity index (χ3v) is 4.44. The molecule has 0 heterocycles. The Kier molecular flexibility index (Phi) is 5.89. The molecule has 1 amide bonds. The number of anilines is 1. The molecule has 0 atom stereocenters. The Bertz CT molecular complexity index is 456. The Morgan fingerprint density at radius 1 is 1.35 bits per heavy atom. The third-order valence-electron chi connectivity index (χ3n) is 3.94. The molecule has 1 fully saturated rings. The fraction of sp³-hybridized carbons (Fsp3) is 0.562. The van der Waals surface area contributed by atoms with E-state index in [1.807, 2.05) is 18.2 Å². The Balaban J connectivity index is 1.84. The highest BCUT2D eigenvalue weighted by atomic mass is 79.9. The van der Waals surface area contributed by atoms with Gasteiger partial charge in [0.25, 0.3) is 0 Å². The van der Waals surface area contributed by atoms with Crippen LogP contribution in [0.4, 0.5) is 5.69 Å². The molecule has 1 aliphatic carbocycles. The summed E-state index contributed by atoms with van der Waals surface area (Å²) < 4.78 is 6.22. The molecule has 20 heavy (non-hydrogen) atoms. The van der Waals surface area contributed by atoms with E-state index in [4.69, 9.17) is 4.74 Å². The van der Waals surface area contributed by atoms with E-state index in [0.29, 0.717) is 12.2 Å². The summed E-state index contributed by atoms with van der Waals surface area (Å²) in [4.78, 5) is 12.0. The molecule has 1 aromatic rings. The lowest BCUT2D eigenvalue weighted by Gasteiger charge is -2.21. The molecule has 0 saturated heterocycles. The average molecular weight is 340 g/mol. The van der Waals surface area contributed by atoms with Crippen LogP contribution in [0.3, 0.4) is 0 Å². The zero-order valence-electron chi connectivity index (χ0n) is 12.0. The predicted octanol–water partition coefficient (Wildman–Crippen LogP) is 4.76. The lowest BCUT2D eigenvalue weighted by molar-refractivity contribution is -0.116. The number of benzene rings is 1. The van der Waals surface area contributed by atoms with Crippen LogP contribution >= 0.6 is 15.9 Å². The zero-order valence-corrected chi connectivity index (χ0v) is 13.5. The number of nitrogens with one attached hydrogen (secondary N) is 1. The van der Waals surface area contributed by atoms with Gasteiger partial charge in [0.2, 0.25) is 5.91 Å². The predicted molar refractivity (Wildman–Crippen MR) is 85.1 cm³/mol. The van der Waals surface area contributed by atoms with Crippen molar-refractivity contribution in [3.63, 3.8) is 0 Å². The van der Waals surface area contributed by atoms with Gasteiger partial charge in [-0.3, -0.25) is 4.79 Å². The molecule has 0 aromatic heterocycles. The number of carbonyl (C=O) groups is 1. The number of ether oxygens (including phenoxy) is 1. The minimum atomic E-state index is 0.0798. The van der Waals surface area contributed by atoms with Crippen molar-refractivity contribution in [3.05, 3.63) is 22.7 Å². The summed E-state index contributed by atoms with van der Waals surface area (Å²) in [5.41, 5.74) is 0.740. The molecule has 1 aromatic carbocycles. The first-order valence-corrected chi connectivity index (χ1v) is 8.11. The van der Waals surface area contributed by atoms with Crippen molar-refractivity contribution in [2.75, 3.05) is 12.4 Å². The van der Waals surface area contributed by atoms with Gasteiger partial charge in [-0.2, -0.15) is 0 Å². The molecule has 2 rings (SSSR count). The maximum atomic E-state index is 12.0. The SMILES string of the molecule is COc1cc(Br)ccc1NC(=O)CCC1CCCCC1. The highest BCUT2D eigenvalue weighted by molar-refractivity contribution is 9.10. The molecule has 0 bridgehead atoms. The quantitative estimate of drug-likeness (QED) is 0.839. The van der Waals surface area contributed by atoms with Crippen molar-refractivity contribution in [1.82, 2.24) is 0 Å². The normalized spacial score (nSPS) is 15.9. The highest BCUT2D eigenvalue weighted by Crippen LogP contribution is 2.29. The van der Waals surface area contributed by atoms with Gasteiger partial charge in [0, 0.05) is 10.9 Å². The second kappa shape index (κ2) is 7.67. The zero-order chi connectivity index (χ0) is 14.4. The van der Waals surface area contributed by atoms with Gasteiger partial charge < -0.3 is 10.1 Å². The van der Waals surface area contributed by atoms with Crippen molar-refractivity contribution in [1.29, 1.82) is 0 Å². The van der Waals surface area contributed by atoms with Gasteiger partial charge in [-0.05, 0) is 30.5 Å². The third kappa shape index (κ3) is 4.51. The summed E-state index contributed by atoms with van der Waals surface area (Å²) in [5, 5.41) is 2.94. The molecule has 0 unspecified atom stereocenters. The summed E-state index contributed by atoms with van der Waals surface area (Å²) in [6.07, 6.45) is 8.19. The van der Waals surface area contributed by atoms with Crippen LogP contribution in [0, 0.1) is 5.92 Å². The van der Waals surface area contributed by atoms with E-state index in [1.165, 1.54) is 32.1 Å². The summed E-state index contributed by atoms with van der Waals surface area (Å²) in [7, 11) is 1.61. The Labute approximate surface area is 129 Å². The number of amides is 1. The van der Waals surface area contributed by atoms with E-state index in [0.717, 1.165) is 22.5 Å². The molecule has 1 aliphatic rings. The highest BCUT2D eigenvalue weighted by Gasteiger charge is 2.15. The molecule has 110 valence electrons. The summed E-state index contributed by atoms with van der Waals surface area (Å²) in [6.45, 7) is 0. The van der Waals surface area contributed by atoms with Gasteiger partial charge in [0.05, 0.1) is 12.8 Å². The van der Waals surface area contributed by atoms with E-state index in [9.17, 15) is 4.79 Å². The monoisotopic (exact) mass is 339 g/mol. The van der Waals surface area contributed by atoms with Gasteiger partial charge in [0.1, 0.15) is 5.75 Å². The molecule has 3 nitrogen and oxygen atoms in total. The maximum absolute atomic E-state index is 12.0. The van der Waals surface area contributed by atoms with E-state index in [2.05, 4.69) is 21.2 Å². The fourth-order valence-electron chi connectivity index (χ4n) is 2.79. The molecule has 1 saturated carbocycles. The van der Waals surface area contributed by atoms with Crippen molar-refractivity contribution in [2.45, 2.75) is 44.9 Å². The van der Waals surface area contributed by atoms with E-state index in [1.54, 1.807) is 7.11 Å². The van der Waals surface area contributed by atoms with Crippen molar-refractivity contribution in [3.8, 4) is 5.75 Å². The minimum absolute atomic E-state index is 0.0798. The van der Waals surface area contributed by atoms with Crippen LogP contribution in [0.1, 0.15) is 44.9 Å². The fourth-order valence-corrected chi connectivity index (χ4v) is 3.13. The maximum Gasteiger partial charge on any atom is 0.224 e.